The van der Waals surface area contributed by atoms with Crippen LogP contribution in [0.25, 0.3) is 10.8 Å². The predicted molar refractivity (Wildman–Crippen MR) is 70.5 cm³/mol. The first-order valence-electron chi connectivity index (χ1n) is 5.86. The molecule has 0 heterocycles. The molecule has 0 saturated heterocycles. The fourth-order valence-electron chi connectivity index (χ4n) is 2.17. The molecule has 96 valence electrons. The number of rotatable bonds is 3. The smallest absolute Gasteiger partial charge is 0.744 e. The van der Waals surface area contributed by atoms with Crippen molar-refractivity contribution < 1.29 is 64.4 Å². The zero-order valence-electron chi connectivity index (χ0n) is 11.4. The Labute approximate surface area is 156 Å². The topological polar surface area (TPSA) is 57.2 Å². The Bertz CT molecular complexity index is 678. The van der Waals surface area contributed by atoms with Crippen LogP contribution in [0.5, 0.6) is 0 Å². The molecule has 0 atom stereocenters. The second-order valence-corrected chi connectivity index (χ2v) is 6.16. The van der Waals surface area contributed by atoms with Gasteiger partial charge in [0.25, 0.3) is 0 Å². The molecule has 0 radical (unpaired) electrons. The van der Waals surface area contributed by atoms with E-state index >= 15 is 0 Å². The van der Waals surface area contributed by atoms with E-state index in [2.05, 4.69) is 0 Å². The van der Waals surface area contributed by atoms with Crippen molar-refractivity contribution in [2.75, 3.05) is 0 Å². The molecule has 5 heteroatoms. The van der Waals surface area contributed by atoms with Gasteiger partial charge in [-0.05, 0) is 34.7 Å². The third kappa shape index (κ3) is 4.11. The van der Waals surface area contributed by atoms with E-state index < -0.39 is 10.1 Å². The quantitative estimate of drug-likeness (QED) is 0.590. The maximum absolute atomic E-state index is 11.3. The number of benzene rings is 2. The Morgan fingerprint density at radius 3 is 2.32 bits per heavy atom. The molecule has 0 aliphatic rings. The molecule has 0 aromatic heterocycles. The van der Waals surface area contributed by atoms with E-state index in [1.807, 2.05) is 38.1 Å². The summed E-state index contributed by atoms with van der Waals surface area (Å²) < 4.78 is 34.0. The van der Waals surface area contributed by atoms with E-state index in [0.29, 0.717) is 12.0 Å². The van der Waals surface area contributed by atoms with Crippen LogP contribution >= 0.6 is 0 Å². The SMILES string of the molecule is CC(C)Cc1c(S(=O)(=O)[O-])ccc2ccccc12.[K+]. The Morgan fingerprint density at radius 1 is 1.11 bits per heavy atom. The molecular weight excluding hydrogens is 287 g/mol. The van der Waals surface area contributed by atoms with Crippen molar-refractivity contribution in [3.8, 4) is 0 Å². The molecule has 0 bridgehead atoms. The molecule has 0 aliphatic heterocycles. The number of hydrogen-bond donors (Lipinski definition) is 0. The normalized spacial score (nSPS) is 11.6. The Morgan fingerprint density at radius 2 is 1.74 bits per heavy atom. The average molecular weight is 302 g/mol. The minimum Gasteiger partial charge on any atom is -0.744 e. The standard InChI is InChI=1S/C14H16O3S.K/c1-10(2)9-13-12-6-4-3-5-11(12)7-8-14(13)18(15,16)17;/h3-8,10H,9H2,1-2H3,(H,15,16,17);/q;+1/p-1. The Balaban J connectivity index is 0.00000180. The third-order valence-corrected chi connectivity index (χ3v) is 3.80. The van der Waals surface area contributed by atoms with Crippen LogP contribution in [0.15, 0.2) is 41.3 Å². The zero-order valence-corrected chi connectivity index (χ0v) is 15.3. The van der Waals surface area contributed by atoms with Gasteiger partial charge in [-0.25, -0.2) is 8.42 Å². The van der Waals surface area contributed by atoms with Crippen LogP contribution in [0.4, 0.5) is 0 Å². The minimum atomic E-state index is -4.42. The van der Waals surface area contributed by atoms with Crippen LogP contribution in [-0.4, -0.2) is 13.0 Å². The fraction of sp³-hybridized carbons (Fsp3) is 0.286. The van der Waals surface area contributed by atoms with E-state index in [1.165, 1.54) is 6.07 Å². The summed E-state index contributed by atoms with van der Waals surface area (Å²) in [6, 6.07) is 10.6. The molecule has 0 saturated carbocycles. The first-order chi connectivity index (χ1) is 8.39. The largest absolute Gasteiger partial charge is 1.00 e. The van der Waals surface area contributed by atoms with E-state index in [4.69, 9.17) is 0 Å². The molecule has 0 fully saturated rings. The molecule has 3 nitrogen and oxygen atoms in total. The van der Waals surface area contributed by atoms with E-state index in [1.54, 1.807) is 6.07 Å². The summed E-state index contributed by atoms with van der Waals surface area (Å²) in [5.41, 5.74) is 0.637. The molecule has 0 N–H and O–H groups in total. The second-order valence-electron chi connectivity index (χ2n) is 4.82. The monoisotopic (exact) mass is 302 g/mol. The van der Waals surface area contributed by atoms with Crippen molar-refractivity contribution in [3.63, 3.8) is 0 Å². The van der Waals surface area contributed by atoms with Crippen LogP contribution in [0.3, 0.4) is 0 Å². The van der Waals surface area contributed by atoms with Crippen molar-refractivity contribution in [2.45, 2.75) is 25.2 Å². The van der Waals surface area contributed by atoms with Gasteiger partial charge in [-0.3, -0.25) is 0 Å². The molecule has 0 amide bonds. The zero-order chi connectivity index (χ0) is 13.3. The Kier molecular flexibility index (Phi) is 6.19. The molecule has 0 aliphatic carbocycles. The summed E-state index contributed by atoms with van der Waals surface area (Å²) >= 11 is 0. The summed E-state index contributed by atoms with van der Waals surface area (Å²) in [5, 5.41) is 1.81. The van der Waals surface area contributed by atoms with Gasteiger partial charge in [-0.2, -0.15) is 0 Å². The van der Waals surface area contributed by atoms with E-state index in [0.717, 1.165) is 10.8 Å². The molecule has 2 aromatic rings. The van der Waals surface area contributed by atoms with E-state index in [9.17, 15) is 13.0 Å². The fourth-order valence-corrected chi connectivity index (χ4v) is 2.90. The van der Waals surface area contributed by atoms with Crippen LogP contribution < -0.4 is 51.4 Å². The van der Waals surface area contributed by atoms with Gasteiger partial charge in [-0.1, -0.05) is 44.2 Å². The third-order valence-electron chi connectivity index (χ3n) is 2.88. The first kappa shape index (κ1) is 17.3. The van der Waals surface area contributed by atoms with Gasteiger partial charge in [0.1, 0.15) is 10.1 Å². The summed E-state index contributed by atoms with van der Waals surface area (Å²) in [7, 11) is -4.42. The van der Waals surface area contributed by atoms with Gasteiger partial charge in [0.15, 0.2) is 0 Å². The Hall–Kier alpha value is 0.246. The van der Waals surface area contributed by atoms with Crippen molar-refractivity contribution in [1.82, 2.24) is 0 Å². The van der Waals surface area contributed by atoms with E-state index in [-0.39, 0.29) is 62.2 Å². The number of hydrogen-bond acceptors (Lipinski definition) is 3. The first-order valence-corrected chi connectivity index (χ1v) is 7.27. The number of fused-ring (bicyclic) bond motifs is 1. The second kappa shape index (κ2) is 6.80. The van der Waals surface area contributed by atoms with Crippen LogP contribution in [0.2, 0.25) is 0 Å². The van der Waals surface area contributed by atoms with Crippen molar-refractivity contribution in [1.29, 1.82) is 0 Å². The molecule has 2 rings (SSSR count). The maximum Gasteiger partial charge on any atom is 1.00 e. The molecule has 0 unspecified atom stereocenters. The van der Waals surface area contributed by atoms with Gasteiger partial charge in [0, 0.05) is 0 Å². The molecule has 2 aromatic carbocycles. The van der Waals surface area contributed by atoms with Gasteiger partial charge in [-0.15, -0.1) is 0 Å². The summed E-state index contributed by atoms with van der Waals surface area (Å²) in [5.74, 6) is 0.288. The van der Waals surface area contributed by atoms with Crippen LogP contribution in [-0.2, 0) is 16.5 Å². The van der Waals surface area contributed by atoms with Crippen molar-refractivity contribution in [2.24, 2.45) is 5.92 Å². The van der Waals surface area contributed by atoms with Crippen molar-refractivity contribution in [3.05, 3.63) is 42.0 Å². The molecular formula is C14H15KO3S. The average Bonchev–Trinajstić information content (AvgIpc) is 2.27. The maximum atomic E-state index is 11.3. The summed E-state index contributed by atoms with van der Waals surface area (Å²) in [6.07, 6.45) is 0.582. The molecule has 19 heavy (non-hydrogen) atoms. The van der Waals surface area contributed by atoms with Gasteiger partial charge in [0.05, 0.1) is 4.90 Å². The minimum absolute atomic E-state index is 0. The van der Waals surface area contributed by atoms with Crippen molar-refractivity contribution >= 4 is 20.9 Å². The summed E-state index contributed by atoms with van der Waals surface area (Å²) in [4.78, 5) is -0.0881. The van der Waals surface area contributed by atoms with Gasteiger partial charge >= 0.3 is 51.4 Å². The predicted octanol–water partition coefficient (Wildman–Crippen LogP) is -0.0536. The van der Waals surface area contributed by atoms with Crippen LogP contribution in [0.1, 0.15) is 19.4 Å². The van der Waals surface area contributed by atoms with Gasteiger partial charge in [0.2, 0.25) is 0 Å². The summed E-state index contributed by atoms with van der Waals surface area (Å²) in [6.45, 7) is 4.01. The molecule has 0 spiro atoms. The van der Waals surface area contributed by atoms with Gasteiger partial charge < -0.3 is 4.55 Å². The van der Waals surface area contributed by atoms with Crippen LogP contribution in [0, 0.1) is 5.92 Å².